The number of aryl methyl sites for hydroxylation is 2. The van der Waals surface area contributed by atoms with E-state index in [1.54, 1.807) is 17.4 Å². The quantitative estimate of drug-likeness (QED) is 0.174. The molecule has 5 aliphatic rings. The van der Waals surface area contributed by atoms with Gasteiger partial charge in [0.15, 0.2) is 0 Å². The number of rotatable bonds is 4. The van der Waals surface area contributed by atoms with E-state index < -0.39 is 17.2 Å². The van der Waals surface area contributed by atoms with Crippen LogP contribution in [0.1, 0.15) is 59.9 Å². The summed E-state index contributed by atoms with van der Waals surface area (Å²) in [5, 5.41) is 2.41. The molecule has 4 saturated carbocycles. The number of hydrogen-bond acceptors (Lipinski definition) is 2. The molecule has 1 spiro atoms. The predicted molar refractivity (Wildman–Crippen MR) is 217 cm³/mol. The van der Waals surface area contributed by atoms with Crippen LogP contribution in [0.4, 0.5) is 30.2 Å². The van der Waals surface area contributed by atoms with Crippen LogP contribution in [0, 0.1) is 37.5 Å². The number of halogens is 3. The van der Waals surface area contributed by atoms with Crippen molar-refractivity contribution in [3.05, 3.63) is 149 Å². The van der Waals surface area contributed by atoms with E-state index in [2.05, 4.69) is 122 Å². The van der Waals surface area contributed by atoms with Crippen molar-refractivity contribution in [1.82, 2.24) is 0 Å². The molecule has 12 rings (SSSR count). The minimum Gasteiger partial charge on any atom is -0.309 e. The van der Waals surface area contributed by atoms with E-state index in [0.29, 0.717) is 23.7 Å². The fourth-order valence-electron chi connectivity index (χ4n) is 11.9. The highest BCUT2D eigenvalue weighted by Gasteiger charge is 2.62. The zero-order valence-corrected chi connectivity index (χ0v) is 31.2. The van der Waals surface area contributed by atoms with Crippen LogP contribution in [0.2, 0.25) is 0 Å². The molecule has 4 fully saturated rings. The molecule has 5 aliphatic carbocycles. The van der Waals surface area contributed by atoms with Gasteiger partial charge < -0.3 is 4.90 Å². The second-order valence-electron chi connectivity index (χ2n) is 16.6. The standard InChI is InChI=1S/C49H40F3NS/c1-28-8-5-9-32(20-28)37-19-17-36(21-29(37)2)53(43-13-7-15-45-47(43)39-10-3-4-14-44(39)54-45)42-12-6-11-40-46(42)38-18-16-33(49(50,51)52)27-41(38)48(40)34-23-30-22-31(25-34)26-35(48)24-30/h3-21,27,30-31,34-35H,22-26H2,1-2H3. The Labute approximate surface area is 318 Å². The third-order valence-electron chi connectivity index (χ3n) is 13.6. The van der Waals surface area contributed by atoms with Gasteiger partial charge in [0, 0.05) is 36.8 Å². The highest BCUT2D eigenvalue weighted by atomic mass is 32.1. The molecule has 5 heteroatoms. The first-order valence-corrected chi connectivity index (χ1v) is 20.2. The first-order chi connectivity index (χ1) is 26.2. The summed E-state index contributed by atoms with van der Waals surface area (Å²) in [5.74, 6) is 2.08. The Morgan fingerprint density at radius 1 is 0.630 bits per heavy atom. The lowest BCUT2D eigenvalue weighted by Crippen LogP contribution is -2.55. The molecule has 0 aliphatic heterocycles. The smallest absolute Gasteiger partial charge is 0.309 e. The molecule has 1 aromatic heterocycles. The zero-order chi connectivity index (χ0) is 36.5. The summed E-state index contributed by atoms with van der Waals surface area (Å²) in [6.07, 6.45) is 1.31. The molecule has 0 N–H and O–H groups in total. The van der Waals surface area contributed by atoms with Crippen LogP contribution in [-0.4, -0.2) is 0 Å². The molecule has 0 unspecified atom stereocenters. The van der Waals surface area contributed by atoms with Crippen molar-refractivity contribution in [3.63, 3.8) is 0 Å². The van der Waals surface area contributed by atoms with Crippen molar-refractivity contribution in [2.24, 2.45) is 23.7 Å². The Hall–Kier alpha value is -4.87. The molecule has 0 amide bonds. The first-order valence-electron chi connectivity index (χ1n) is 19.4. The fraction of sp³-hybridized carbons (Fsp3) is 0.265. The Bertz CT molecular complexity index is 2640. The molecular formula is C49H40F3NS. The third kappa shape index (κ3) is 4.57. The molecule has 4 bridgehead atoms. The van der Waals surface area contributed by atoms with Crippen molar-refractivity contribution in [2.75, 3.05) is 4.90 Å². The van der Waals surface area contributed by atoms with Gasteiger partial charge >= 0.3 is 6.18 Å². The maximum Gasteiger partial charge on any atom is 0.416 e. The fourth-order valence-corrected chi connectivity index (χ4v) is 13.0. The van der Waals surface area contributed by atoms with E-state index in [9.17, 15) is 13.2 Å². The van der Waals surface area contributed by atoms with Gasteiger partial charge in [-0.05, 0) is 152 Å². The number of hydrogen-bond donors (Lipinski definition) is 0. The average Bonchev–Trinajstić information content (AvgIpc) is 3.68. The zero-order valence-electron chi connectivity index (χ0n) is 30.4. The third-order valence-corrected chi connectivity index (χ3v) is 14.8. The molecule has 268 valence electrons. The van der Waals surface area contributed by atoms with E-state index in [4.69, 9.17) is 0 Å². The number of nitrogens with zero attached hydrogens (tertiary/aromatic N) is 1. The Morgan fingerprint density at radius 2 is 1.33 bits per heavy atom. The molecular weight excluding hydrogens is 692 g/mol. The maximum absolute atomic E-state index is 14.6. The van der Waals surface area contributed by atoms with E-state index in [-0.39, 0.29) is 0 Å². The second kappa shape index (κ2) is 11.6. The van der Waals surface area contributed by atoms with Crippen LogP contribution < -0.4 is 4.90 Å². The van der Waals surface area contributed by atoms with Crippen molar-refractivity contribution >= 4 is 48.6 Å². The summed E-state index contributed by atoms with van der Waals surface area (Å²) < 4.78 is 46.3. The molecule has 1 heterocycles. The van der Waals surface area contributed by atoms with Gasteiger partial charge in [-0.2, -0.15) is 13.2 Å². The summed E-state index contributed by atoms with van der Waals surface area (Å²) >= 11 is 1.81. The second-order valence-corrected chi connectivity index (χ2v) is 17.7. The molecule has 1 nitrogen and oxygen atoms in total. The lowest BCUT2D eigenvalue weighted by Gasteiger charge is -2.61. The van der Waals surface area contributed by atoms with Crippen LogP contribution >= 0.6 is 11.3 Å². The predicted octanol–water partition coefficient (Wildman–Crippen LogP) is 14.5. The largest absolute Gasteiger partial charge is 0.416 e. The first kappa shape index (κ1) is 32.6. The highest BCUT2D eigenvalue weighted by molar-refractivity contribution is 7.26. The van der Waals surface area contributed by atoms with Gasteiger partial charge in [0.2, 0.25) is 0 Å². The number of thiophene rings is 1. The summed E-state index contributed by atoms with van der Waals surface area (Å²) in [7, 11) is 0. The number of benzene rings is 6. The van der Waals surface area contributed by atoms with Gasteiger partial charge in [-0.25, -0.2) is 0 Å². The minimum atomic E-state index is -4.40. The SMILES string of the molecule is Cc1cccc(-c2ccc(N(c3cccc4c3-c3ccc(C(F)(F)F)cc3C43C4CC5CC(C4)CC3C5)c3cccc4sc5ccccc5c34)cc2C)c1. The maximum atomic E-state index is 14.6. The molecule has 7 aromatic rings. The van der Waals surface area contributed by atoms with Crippen LogP contribution in [-0.2, 0) is 11.6 Å². The summed E-state index contributed by atoms with van der Waals surface area (Å²) in [4.78, 5) is 2.42. The van der Waals surface area contributed by atoms with E-state index in [1.807, 2.05) is 6.07 Å². The van der Waals surface area contributed by atoms with Gasteiger partial charge in [-0.3, -0.25) is 0 Å². The highest BCUT2D eigenvalue weighted by Crippen LogP contribution is 2.70. The normalized spacial score (nSPS) is 23.7. The number of anilines is 3. The van der Waals surface area contributed by atoms with Crippen LogP contribution in [0.5, 0.6) is 0 Å². The summed E-state index contributed by atoms with van der Waals surface area (Å²) in [6, 6.07) is 42.0. The van der Waals surface area contributed by atoms with Gasteiger partial charge in [0.05, 0.1) is 16.9 Å². The van der Waals surface area contributed by atoms with Crippen molar-refractivity contribution in [2.45, 2.75) is 57.5 Å². The van der Waals surface area contributed by atoms with E-state index in [1.165, 1.54) is 60.5 Å². The Morgan fingerprint density at radius 3 is 2.09 bits per heavy atom. The Kier molecular flexibility index (Phi) is 6.97. The molecule has 0 saturated heterocycles. The monoisotopic (exact) mass is 731 g/mol. The topological polar surface area (TPSA) is 3.24 Å². The van der Waals surface area contributed by atoms with Crippen LogP contribution in [0.15, 0.2) is 121 Å². The van der Waals surface area contributed by atoms with E-state index in [0.717, 1.165) is 59.4 Å². The van der Waals surface area contributed by atoms with Gasteiger partial charge in [0.25, 0.3) is 0 Å². The summed E-state index contributed by atoms with van der Waals surface area (Å²) in [6.45, 7) is 4.31. The summed E-state index contributed by atoms with van der Waals surface area (Å²) in [5.41, 5.74) is 11.2. The van der Waals surface area contributed by atoms with Gasteiger partial charge in [-0.1, -0.05) is 78.4 Å². The van der Waals surface area contributed by atoms with Gasteiger partial charge in [-0.15, -0.1) is 11.3 Å². The number of alkyl halides is 3. The molecule has 0 radical (unpaired) electrons. The Balaban J connectivity index is 1.20. The molecule has 6 aromatic carbocycles. The van der Waals surface area contributed by atoms with Crippen LogP contribution in [0.3, 0.4) is 0 Å². The lowest BCUT2D eigenvalue weighted by molar-refractivity contribution is -0.137. The lowest BCUT2D eigenvalue weighted by atomic mass is 9.43. The van der Waals surface area contributed by atoms with Crippen molar-refractivity contribution in [1.29, 1.82) is 0 Å². The molecule has 0 atom stereocenters. The average molecular weight is 732 g/mol. The van der Waals surface area contributed by atoms with Gasteiger partial charge in [0.1, 0.15) is 0 Å². The van der Waals surface area contributed by atoms with Crippen LogP contribution in [0.25, 0.3) is 42.4 Å². The minimum absolute atomic E-state index is 0.348. The van der Waals surface area contributed by atoms with Crippen molar-refractivity contribution in [3.8, 4) is 22.3 Å². The number of fused-ring (bicyclic) bond motifs is 6. The van der Waals surface area contributed by atoms with E-state index >= 15 is 0 Å². The van der Waals surface area contributed by atoms with Crippen molar-refractivity contribution < 1.29 is 13.2 Å². The molecule has 54 heavy (non-hydrogen) atoms.